The average molecular weight is 280 g/mol. The third-order valence-electron chi connectivity index (χ3n) is 3.39. The van der Waals surface area contributed by atoms with E-state index in [0.29, 0.717) is 36.9 Å². The summed E-state index contributed by atoms with van der Waals surface area (Å²) in [7, 11) is 1.57. The number of aliphatic carboxylic acids is 1. The van der Waals surface area contributed by atoms with Crippen molar-refractivity contribution in [3.05, 3.63) is 17.7 Å². The lowest BCUT2D eigenvalue weighted by Crippen LogP contribution is -2.26. The summed E-state index contributed by atoms with van der Waals surface area (Å²) in [5.74, 6) is 1.03. The third-order valence-corrected chi connectivity index (χ3v) is 3.39. The normalized spacial score (nSPS) is 14.6. The van der Waals surface area contributed by atoms with Crippen LogP contribution in [0.15, 0.2) is 12.1 Å². The van der Waals surface area contributed by atoms with Gasteiger partial charge in [0.1, 0.15) is 5.75 Å². The van der Waals surface area contributed by atoms with Crippen LogP contribution in [0.2, 0.25) is 0 Å². The molecule has 0 unspecified atom stereocenters. The van der Waals surface area contributed by atoms with Crippen LogP contribution in [0.5, 0.6) is 17.2 Å². The zero-order valence-corrected chi connectivity index (χ0v) is 12.1. The Bertz CT molecular complexity index is 507. The molecule has 1 N–H and O–H groups in total. The summed E-state index contributed by atoms with van der Waals surface area (Å²) in [6.07, 6.45) is 1.12. The summed E-state index contributed by atoms with van der Waals surface area (Å²) >= 11 is 0. The molecule has 1 aliphatic heterocycles. The molecule has 0 aliphatic carbocycles. The van der Waals surface area contributed by atoms with E-state index in [-0.39, 0.29) is 0 Å². The molecule has 0 saturated carbocycles. The van der Waals surface area contributed by atoms with Crippen LogP contribution in [0.4, 0.5) is 0 Å². The molecule has 0 radical (unpaired) electrons. The first-order chi connectivity index (χ1) is 9.45. The van der Waals surface area contributed by atoms with Gasteiger partial charge in [0.25, 0.3) is 0 Å². The second kappa shape index (κ2) is 5.61. The van der Waals surface area contributed by atoms with Crippen molar-refractivity contribution in [1.29, 1.82) is 0 Å². The van der Waals surface area contributed by atoms with E-state index >= 15 is 0 Å². The topological polar surface area (TPSA) is 65.0 Å². The first-order valence-electron chi connectivity index (χ1n) is 6.64. The predicted octanol–water partition coefficient (Wildman–Crippen LogP) is 2.51. The fraction of sp³-hybridized carbons (Fsp3) is 0.533. The number of rotatable bonds is 4. The Morgan fingerprint density at radius 2 is 2.05 bits per heavy atom. The number of ether oxygens (including phenoxy) is 3. The number of fused-ring (bicyclic) bond motifs is 1. The van der Waals surface area contributed by atoms with Crippen molar-refractivity contribution in [2.45, 2.75) is 26.7 Å². The van der Waals surface area contributed by atoms with Gasteiger partial charge in [-0.25, -0.2) is 0 Å². The molecule has 0 bridgehead atoms. The van der Waals surface area contributed by atoms with Crippen LogP contribution in [0, 0.1) is 5.41 Å². The van der Waals surface area contributed by atoms with Crippen molar-refractivity contribution in [1.82, 2.24) is 0 Å². The smallest absolute Gasteiger partial charge is 0.309 e. The summed E-state index contributed by atoms with van der Waals surface area (Å²) in [6.45, 7) is 4.53. The van der Waals surface area contributed by atoms with Crippen LogP contribution in [0.1, 0.15) is 25.8 Å². The molecule has 1 aromatic rings. The Labute approximate surface area is 118 Å². The molecular formula is C15H20O5. The Morgan fingerprint density at radius 3 is 2.70 bits per heavy atom. The maximum Gasteiger partial charge on any atom is 0.309 e. The zero-order chi connectivity index (χ0) is 14.8. The van der Waals surface area contributed by atoms with Gasteiger partial charge in [-0.1, -0.05) is 0 Å². The van der Waals surface area contributed by atoms with Gasteiger partial charge in [-0.2, -0.15) is 0 Å². The van der Waals surface area contributed by atoms with Crippen LogP contribution < -0.4 is 14.2 Å². The number of methoxy groups -OCH3 is 1. The van der Waals surface area contributed by atoms with Crippen molar-refractivity contribution >= 4 is 5.97 Å². The molecule has 110 valence electrons. The highest BCUT2D eigenvalue weighted by Crippen LogP contribution is 2.42. The molecule has 2 rings (SSSR count). The van der Waals surface area contributed by atoms with E-state index in [1.807, 2.05) is 0 Å². The third kappa shape index (κ3) is 2.81. The van der Waals surface area contributed by atoms with Gasteiger partial charge in [0.15, 0.2) is 11.5 Å². The number of hydrogen-bond acceptors (Lipinski definition) is 4. The molecule has 0 fully saturated rings. The maximum absolute atomic E-state index is 11.3. The van der Waals surface area contributed by atoms with E-state index in [9.17, 15) is 9.90 Å². The molecule has 20 heavy (non-hydrogen) atoms. The van der Waals surface area contributed by atoms with Gasteiger partial charge in [0.05, 0.1) is 25.7 Å². The lowest BCUT2D eigenvalue weighted by atomic mass is 9.85. The number of hydrogen-bond donors (Lipinski definition) is 1. The highest BCUT2D eigenvalue weighted by atomic mass is 16.5. The summed E-state index contributed by atoms with van der Waals surface area (Å²) in [4.78, 5) is 11.3. The van der Waals surface area contributed by atoms with Gasteiger partial charge in [-0.05, 0) is 32.4 Å². The van der Waals surface area contributed by atoms with Gasteiger partial charge >= 0.3 is 5.97 Å². The Hall–Kier alpha value is -1.91. The molecule has 1 aliphatic rings. The van der Waals surface area contributed by atoms with E-state index in [2.05, 4.69) is 0 Å². The zero-order valence-electron chi connectivity index (χ0n) is 12.1. The Balaban J connectivity index is 2.46. The van der Waals surface area contributed by atoms with Crippen molar-refractivity contribution in [3.63, 3.8) is 0 Å². The van der Waals surface area contributed by atoms with Crippen molar-refractivity contribution < 1.29 is 24.1 Å². The van der Waals surface area contributed by atoms with Gasteiger partial charge in [-0.3, -0.25) is 4.79 Å². The minimum absolute atomic E-state index is 0.317. The molecular weight excluding hydrogens is 260 g/mol. The number of benzene rings is 1. The summed E-state index contributed by atoms with van der Waals surface area (Å²) < 4.78 is 16.7. The van der Waals surface area contributed by atoms with E-state index < -0.39 is 11.4 Å². The minimum atomic E-state index is -0.905. The molecule has 0 aromatic heterocycles. The predicted molar refractivity (Wildman–Crippen MR) is 73.7 cm³/mol. The first-order valence-corrected chi connectivity index (χ1v) is 6.64. The number of carboxylic acids is 1. The van der Waals surface area contributed by atoms with Crippen LogP contribution >= 0.6 is 0 Å². The minimum Gasteiger partial charge on any atom is -0.496 e. The van der Waals surface area contributed by atoms with Crippen LogP contribution in [-0.4, -0.2) is 31.4 Å². The molecule has 1 aromatic carbocycles. The molecule has 0 atom stereocenters. The molecule has 0 amide bonds. The van der Waals surface area contributed by atoms with Crippen LogP contribution in [0.3, 0.4) is 0 Å². The maximum atomic E-state index is 11.3. The number of carboxylic acid groups (broad SMARTS) is 1. The highest BCUT2D eigenvalue weighted by molar-refractivity contribution is 5.74. The lowest BCUT2D eigenvalue weighted by molar-refractivity contribution is -0.146. The summed E-state index contributed by atoms with van der Waals surface area (Å²) in [6, 6.07) is 3.59. The second-order valence-electron chi connectivity index (χ2n) is 5.49. The van der Waals surface area contributed by atoms with Crippen molar-refractivity contribution in [2.24, 2.45) is 5.41 Å². The van der Waals surface area contributed by atoms with E-state index in [1.54, 1.807) is 33.1 Å². The monoisotopic (exact) mass is 280 g/mol. The molecule has 0 spiro atoms. The van der Waals surface area contributed by atoms with Gasteiger partial charge in [-0.15, -0.1) is 0 Å². The van der Waals surface area contributed by atoms with E-state index in [4.69, 9.17) is 14.2 Å². The van der Waals surface area contributed by atoms with Gasteiger partial charge < -0.3 is 19.3 Å². The average Bonchev–Trinajstić information content (AvgIpc) is 2.64. The Morgan fingerprint density at radius 1 is 1.35 bits per heavy atom. The van der Waals surface area contributed by atoms with Crippen molar-refractivity contribution in [3.8, 4) is 17.2 Å². The molecule has 1 heterocycles. The Kier molecular flexibility index (Phi) is 4.06. The molecule has 0 saturated heterocycles. The quantitative estimate of drug-likeness (QED) is 0.918. The highest BCUT2D eigenvalue weighted by Gasteiger charge is 2.31. The van der Waals surface area contributed by atoms with Crippen LogP contribution in [0.25, 0.3) is 0 Å². The van der Waals surface area contributed by atoms with Gasteiger partial charge in [0, 0.05) is 12.0 Å². The van der Waals surface area contributed by atoms with E-state index in [0.717, 1.165) is 12.0 Å². The van der Waals surface area contributed by atoms with Crippen LogP contribution in [-0.2, 0) is 11.2 Å². The SMILES string of the molecule is COc1ccc2c(c1CC(C)(C)C(=O)O)OCCCO2. The van der Waals surface area contributed by atoms with Crippen molar-refractivity contribution in [2.75, 3.05) is 20.3 Å². The fourth-order valence-electron chi connectivity index (χ4n) is 2.15. The van der Waals surface area contributed by atoms with E-state index in [1.165, 1.54) is 0 Å². The largest absolute Gasteiger partial charge is 0.496 e. The first kappa shape index (κ1) is 14.5. The molecule has 5 nitrogen and oxygen atoms in total. The standard InChI is InChI=1S/C15H20O5/c1-15(2,14(16)17)9-10-11(18-3)5-6-12-13(10)20-8-4-7-19-12/h5-6H,4,7-9H2,1-3H3,(H,16,17). The molecule has 5 heteroatoms. The summed E-state index contributed by atoms with van der Waals surface area (Å²) in [5, 5.41) is 9.31. The van der Waals surface area contributed by atoms with Gasteiger partial charge in [0.2, 0.25) is 0 Å². The second-order valence-corrected chi connectivity index (χ2v) is 5.49. The fourth-order valence-corrected chi connectivity index (χ4v) is 2.15. The lowest BCUT2D eigenvalue weighted by Gasteiger charge is -2.23. The summed E-state index contributed by atoms with van der Waals surface area (Å²) in [5.41, 5.74) is -0.155. The number of carbonyl (C=O) groups is 1.